The quantitative estimate of drug-likeness (QED) is 0.617. The van der Waals surface area contributed by atoms with Gasteiger partial charge in [0, 0.05) is 12.4 Å². The molecule has 5 nitrogen and oxygen atoms in total. The normalized spacial score (nSPS) is 23.9. The average molecular weight is 257 g/mol. The number of aromatic nitrogens is 1. The number of hydrogen-bond acceptors (Lipinski definition) is 3. The summed E-state index contributed by atoms with van der Waals surface area (Å²) >= 11 is 0. The summed E-state index contributed by atoms with van der Waals surface area (Å²) < 4.78 is 0. The van der Waals surface area contributed by atoms with Gasteiger partial charge in [-0.1, -0.05) is 11.6 Å². The number of amides is 2. The third kappa shape index (κ3) is 2.36. The van der Waals surface area contributed by atoms with E-state index in [4.69, 9.17) is 0 Å². The Labute approximate surface area is 111 Å². The Hall–Kier alpha value is -2.17. The molecule has 1 fully saturated rings. The number of nitrogens with zero attached hydrogens (tertiary/aromatic N) is 1. The minimum Gasteiger partial charge on any atom is -0.273 e. The number of allylic oxidation sites excluding steroid dienone is 1. The van der Waals surface area contributed by atoms with Crippen molar-refractivity contribution in [3.8, 4) is 0 Å². The second-order valence-corrected chi connectivity index (χ2v) is 4.90. The van der Waals surface area contributed by atoms with Crippen LogP contribution in [0.15, 0.2) is 36.2 Å². The van der Waals surface area contributed by atoms with Gasteiger partial charge >= 0.3 is 0 Å². The van der Waals surface area contributed by atoms with Crippen molar-refractivity contribution >= 4 is 11.8 Å². The molecular formula is C14H15N3O2. The monoisotopic (exact) mass is 257 g/mol. The van der Waals surface area contributed by atoms with Crippen molar-refractivity contribution in [1.82, 2.24) is 15.8 Å². The lowest BCUT2D eigenvalue weighted by molar-refractivity contribution is -0.123. The van der Waals surface area contributed by atoms with Crippen LogP contribution >= 0.6 is 0 Å². The molecule has 3 rings (SSSR count). The molecule has 0 saturated heterocycles. The molecule has 0 aromatic carbocycles. The first-order valence-electron chi connectivity index (χ1n) is 6.47. The van der Waals surface area contributed by atoms with Crippen LogP contribution in [0.3, 0.4) is 0 Å². The zero-order chi connectivity index (χ0) is 13.2. The van der Waals surface area contributed by atoms with Crippen molar-refractivity contribution in [2.24, 2.45) is 11.8 Å². The number of pyridine rings is 1. The van der Waals surface area contributed by atoms with Gasteiger partial charge in [-0.05, 0) is 37.3 Å². The predicted octanol–water partition coefficient (Wildman–Crippen LogP) is 1.20. The first-order chi connectivity index (χ1) is 9.27. The SMILES string of the molecule is O=C(NNC(=O)C1C2=CCCCC21)c1cccnc1. The number of nitrogens with one attached hydrogen (secondary N) is 2. The molecule has 98 valence electrons. The van der Waals surface area contributed by atoms with Gasteiger partial charge in [0.05, 0.1) is 11.5 Å². The molecule has 2 N–H and O–H groups in total. The summed E-state index contributed by atoms with van der Waals surface area (Å²) in [5.41, 5.74) is 6.58. The fraction of sp³-hybridized carbons (Fsp3) is 0.357. The van der Waals surface area contributed by atoms with E-state index in [9.17, 15) is 9.59 Å². The summed E-state index contributed by atoms with van der Waals surface area (Å²) in [5, 5.41) is 0. The van der Waals surface area contributed by atoms with E-state index in [0.717, 1.165) is 19.3 Å². The van der Waals surface area contributed by atoms with Gasteiger partial charge in [0.25, 0.3) is 5.91 Å². The number of rotatable bonds is 2. The van der Waals surface area contributed by atoms with Gasteiger partial charge in [0.15, 0.2) is 0 Å². The van der Waals surface area contributed by atoms with E-state index in [-0.39, 0.29) is 17.7 Å². The van der Waals surface area contributed by atoms with Gasteiger partial charge in [-0.25, -0.2) is 0 Å². The summed E-state index contributed by atoms with van der Waals surface area (Å²) in [6.45, 7) is 0. The highest BCUT2D eigenvalue weighted by molar-refractivity contribution is 5.96. The van der Waals surface area contributed by atoms with Crippen LogP contribution in [0.1, 0.15) is 29.6 Å². The Morgan fingerprint density at radius 3 is 2.89 bits per heavy atom. The van der Waals surface area contributed by atoms with Crippen molar-refractivity contribution in [3.05, 3.63) is 41.7 Å². The summed E-state index contributed by atoms with van der Waals surface area (Å²) in [4.78, 5) is 27.5. The molecule has 1 aromatic rings. The van der Waals surface area contributed by atoms with E-state index >= 15 is 0 Å². The van der Waals surface area contributed by atoms with Crippen molar-refractivity contribution in [1.29, 1.82) is 0 Å². The van der Waals surface area contributed by atoms with Crippen LogP contribution in [0.25, 0.3) is 0 Å². The smallest absolute Gasteiger partial charge is 0.271 e. The average Bonchev–Trinajstić information content (AvgIpc) is 3.19. The second-order valence-electron chi connectivity index (χ2n) is 4.90. The molecule has 2 unspecified atom stereocenters. The second kappa shape index (κ2) is 4.84. The summed E-state index contributed by atoms with van der Waals surface area (Å²) in [6, 6.07) is 3.32. The molecule has 2 atom stereocenters. The Kier molecular flexibility index (Phi) is 3.03. The van der Waals surface area contributed by atoms with Gasteiger partial charge in [0.2, 0.25) is 5.91 Å². The van der Waals surface area contributed by atoms with Gasteiger partial charge in [-0.15, -0.1) is 0 Å². The summed E-state index contributed by atoms with van der Waals surface area (Å²) in [7, 11) is 0. The standard InChI is InChI=1S/C14H15N3O2/c18-13(9-4-3-7-15-8-9)16-17-14(19)12-10-5-1-2-6-11(10)12/h3-5,7-8,11-12H,1-2,6H2,(H,16,18)(H,17,19). The topological polar surface area (TPSA) is 71.1 Å². The lowest BCUT2D eigenvalue weighted by Crippen LogP contribution is -2.42. The minimum atomic E-state index is -0.348. The number of fused-ring (bicyclic) bond motifs is 1. The molecule has 2 aliphatic carbocycles. The largest absolute Gasteiger partial charge is 0.273 e. The van der Waals surface area contributed by atoms with E-state index in [2.05, 4.69) is 21.9 Å². The maximum absolute atomic E-state index is 11.9. The van der Waals surface area contributed by atoms with Crippen LogP contribution in [-0.4, -0.2) is 16.8 Å². The highest BCUT2D eigenvalue weighted by Gasteiger charge is 2.49. The molecule has 2 aliphatic rings. The lowest BCUT2D eigenvalue weighted by Gasteiger charge is -2.06. The number of hydrogen-bond donors (Lipinski definition) is 2. The predicted molar refractivity (Wildman–Crippen MR) is 68.8 cm³/mol. The summed E-state index contributed by atoms with van der Waals surface area (Å²) in [5.74, 6) is -0.0878. The van der Waals surface area contributed by atoms with Crippen molar-refractivity contribution in [3.63, 3.8) is 0 Å². The van der Waals surface area contributed by atoms with E-state index < -0.39 is 0 Å². The molecule has 2 amide bonds. The highest BCUT2D eigenvalue weighted by Crippen LogP contribution is 2.51. The van der Waals surface area contributed by atoms with Crippen LogP contribution in [0.5, 0.6) is 0 Å². The third-order valence-corrected chi connectivity index (χ3v) is 3.69. The van der Waals surface area contributed by atoms with Crippen LogP contribution in [0.2, 0.25) is 0 Å². The van der Waals surface area contributed by atoms with Crippen molar-refractivity contribution < 1.29 is 9.59 Å². The molecule has 0 spiro atoms. The van der Waals surface area contributed by atoms with Gasteiger partial charge in [-0.2, -0.15) is 0 Å². The number of carbonyl (C=O) groups is 2. The fourth-order valence-electron chi connectivity index (χ4n) is 2.66. The molecule has 0 aliphatic heterocycles. The van der Waals surface area contributed by atoms with Gasteiger partial charge in [-0.3, -0.25) is 25.4 Å². The van der Waals surface area contributed by atoms with E-state index in [0.29, 0.717) is 11.5 Å². The molecule has 1 aromatic heterocycles. The van der Waals surface area contributed by atoms with Crippen LogP contribution in [-0.2, 0) is 4.79 Å². The molecular weight excluding hydrogens is 242 g/mol. The first kappa shape index (κ1) is 11.9. The van der Waals surface area contributed by atoms with Crippen LogP contribution < -0.4 is 10.9 Å². The number of carbonyl (C=O) groups excluding carboxylic acids is 2. The van der Waals surface area contributed by atoms with E-state index in [1.807, 2.05) is 0 Å². The Morgan fingerprint density at radius 2 is 2.21 bits per heavy atom. The van der Waals surface area contributed by atoms with Crippen LogP contribution in [0, 0.1) is 11.8 Å². The maximum atomic E-state index is 11.9. The van der Waals surface area contributed by atoms with Crippen molar-refractivity contribution in [2.45, 2.75) is 19.3 Å². The third-order valence-electron chi connectivity index (χ3n) is 3.69. The Morgan fingerprint density at radius 1 is 1.32 bits per heavy atom. The molecule has 1 saturated carbocycles. The molecule has 1 heterocycles. The zero-order valence-electron chi connectivity index (χ0n) is 10.4. The lowest BCUT2D eigenvalue weighted by atomic mass is 10.1. The highest BCUT2D eigenvalue weighted by atomic mass is 16.2. The molecule has 0 radical (unpaired) electrons. The Balaban J connectivity index is 1.53. The number of hydrazine groups is 1. The fourth-order valence-corrected chi connectivity index (χ4v) is 2.66. The van der Waals surface area contributed by atoms with Crippen LogP contribution in [0.4, 0.5) is 0 Å². The van der Waals surface area contributed by atoms with E-state index in [1.165, 1.54) is 11.8 Å². The van der Waals surface area contributed by atoms with Gasteiger partial charge < -0.3 is 0 Å². The Bertz CT molecular complexity index is 539. The maximum Gasteiger partial charge on any atom is 0.271 e. The van der Waals surface area contributed by atoms with Gasteiger partial charge in [0.1, 0.15) is 0 Å². The summed E-state index contributed by atoms with van der Waals surface area (Å²) in [6.07, 6.45) is 8.51. The van der Waals surface area contributed by atoms with E-state index in [1.54, 1.807) is 18.3 Å². The minimum absolute atomic E-state index is 0.0308. The first-order valence-corrected chi connectivity index (χ1v) is 6.47. The van der Waals surface area contributed by atoms with Crippen molar-refractivity contribution in [2.75, 3.05) is 0 Å². The molecule has 19 heavy (non-hydrogen) atoms. The molecule has 0 bridgehead atoms. The molecule has 5 heteroatoms. The zero-order valence-corrected chi connectivity index (χ0v) is 10.4.